The highest BCUT2D eigenvalue weighted by Crippen LogP contribution is 2.38. The molecule has 0 aromatic carbocycles. The quantitative estimate of drug-likeness (QED) is 0.442. The van der Waals surface area contributed by atoms with Crippen LogP contribution in [-0.2, 0) is 9.53 Å². The second-order valence-corrected chi connectivity index (χ2v) is 3.06. The van der Waals surface area contributed by atoms with E-state index in [4.69, 9.17) is 0 Å². The molecule has 0 aromatic heterocycles. The lowest BCUT2D eigenvalue weighted by Gasteiger charge is -1.90. The number of carbonyl (C=O) groups is 1. The number of methoxy groups -OCH3 is 1. The molecule has 0 amide bonds. The lowest BCUT2D eigenvalue weighted by molar-refractivity contribution is -0.142. The van der Waals surface area contributed by atoms with Gasteiger partial charge in [0.25, 0.3) is 0 Å². The van der Waals surface area contributed by atoms with Crippen LogP contribution >= 0.6 is 15.9 Å². The fourth-order valence-electron chi connectivity index (χ4n) is 0.559. The van der Waals surface area contributed by atoms with Crippen molar-refractivity contribution in [3.05, 3.63) is 0 Å². The molecule has 1 rings (SSSR count). The number of halogens is 1. The molecule has 0 saturated heterocycles. The van der Waals surface area contributed by atoms with Crippen molar-refractivity contribution < 1.29 is 9.53 Å². The van der Waals surface area contributed by atoms with Crippen LogP contribution in [0.1, 0.15) is 6.42 Å². The lowest BCUT2D eigenvalue weighted by Crippen LogP contribution is -2.03. The zero-order chi connectivity index (χ0) is 6.15. The summed E-state index contributed by atoms with van der Waals surface area (Å²) in [5, 5.41) is 0. The van der Waals surface area contributed by atoms with Crippen molar-refractivity contribution >= 4 is 21.9 Å². The van der Waals surface area contributed by atoms with Crippen LogP contribution in [-0.4, -0.2) is 17.9 Å². The Morgan fingerprint density at radius 2 is 2.38 bits per heavy atom. The molecule has 0 N–H and O–H groups in total. The molecule has 1 aliphatic carbocycles. The molecular weight excluding hydrogens is 172 g/mol. The van der Waals surface area contributed by atoms with Gasteiger partial charge in [-0.2, -0.15) is 0 Å². The normalized spacial score (nSPS) is 34.2. The standard InChI is InChI=1S/C5H7BrO2/c1-8-5(7)3-2-4(3)6/h3-4H,2H2,1H3/t3-,4-/m1/s1. The van der Waals surface area contributed by atoms with Gasteiger partial charge in [-0.25, -0.2) is 0 Å². The SMILES string of the molecule is COC(=O)[C@@H]1C[C@H]1Br. The van der Waals surface area contributed by atoms with Gasteiger partial charge in [-0.15, -0.1) is 0 Å². The minimum atomic E-state index is -0.0909. The maximum atomic E-state index is 10.5. The van der Waals surface area contributed by atoms with Gasteiger partial charge in [-0.1, -0.05) is 15.9 Å². The molecule has 1 saturated carbocycles. The number of hydrogen-bond donors (Lipinski definition) is 0. The number of alkyl halides is 1. The number of hydrogen-bond acceptors (Lipinski definition) is 2. The molecule has 0 bridgehead atoms. The van der Waals surface area contributed by atoms with Crippen molar-refractivity contribution in [1.82, 2.24) is 0 Å². The molecule has 46 valence electrons. The summed E-state index contributed by atoms with van der Waals surface area (Å²) in [6, 6.07) is 0. The summed E-state index contributed by atoms with van der Waals surface area (Å²) in [5.74, 6) is 0.0480. The minimum Gasteiger partial charge on any atom is -0.469 e. The third-order valence-electron chi connectivity index (χ3n) is 1.22. The van der Waals surface area contributed by atoms with Gasteiger partial charge in [0.2, 0.25) is 0 Å². The largest absolute Gasteiger partial charge is 0.469 e. The third-order valence-corrected chi connectivity index (χ3v) is 2.23. The van der Waals surface area contributed by atoms with E-state index in [2.05, 4.69) is 20.7 Å². The van der Waals surface area contributed by atoms with Crippen LogP contribution in [0.5, 0.6) is 0 Å². The topological polar surface area (TPSA) is 26.3 Å². The third kappa shape index (κ3) is 1.02. The molecule has 0 spiro atoms. The molecule has 0 aliphatic heterocycles. The van der Waals surface area contributed by atoms with E-state index in [9.17, 15) is 4.79 Å². The summed E-state index contributed by atoms with van der Waals surface area (Å²) < 4.78 is 4.48. The molecule has 1 fully saturated rings. The molecule has 0 heterocycles. The van der Waals surface area contributed by atoms with Crippen molar-refractivity contribution in [3.8, 4) is 0 Å². The molecular formula is C5H7BrO2. The molecule has 0 unspecified atom stereocenters. The zero-order valence-corrected chi connectivity index (χ0v) is 6.14. The average molecular weight is 179 g/mol. The van der Waals surface area contributed by atoms with Gasteiger partial charge in [-0.05, 0) is 6.42 Å². The monoisotopic (exact) mass is 178 g/mol. The van der Waals surface area contributed by atoms with Gasteiger partial charge in [0.05, 0.1) is 13.0 Å². The highest BCUT2D eigenvalue weighted by Gasteiger charge is 2.41. The van der Waals surface area contributed by atoms with Crippen molar-refractivity contribution in [2.45, 2.75) is 11.2 Å². The fraction of sp³-hybridized carbons (Fsp3) is 0.800. The molecule has 0 radical (unpaired) electrons. The van der Waals surface area contributed by atoms with Crippen LogP contribution in [0.2, 0.25) is 0 Å². The van der Waals surface area contributed by atoms with E-state index in [1.54, 1.807) is 0 Å². The first-order valence-electron chi connectivity index (χ1n) is 2.47. The van der Waals surface area contributed by atoms with Gasteiger partial charge in [-0.3, -0.25) is 4.79 Å². The van der Waals surface area contributed by atoms with Crippen molar-refractivity contribution in [3.63, 3.8) is 0 Å². The summed E-state index contributed by atoms with van der Waals surface area (Å²) in [4.78, 5) is 10.9. The van der Waals surface area contributed by atoms with Crippen LogP contribution in [0.4, 0.5) is 0 Å². The van der Waals surface area contributed by atoms with E-state index in [0.717, 1.165) is 6.42 Å². The molecule has 8 heavy (non-hydrogen) atoms. The van der Waals surface area contributed by atoms with Crippen LogP contribution in [0.15, 0.2) is 0 Å². The van der Waals surface area contributed by atoms with E-state index in [1.807, 2.05) is 0 Å². The highest BCUT2D eigenvalue weighted by atomic mass is 79.9. The van der Waals surface area contributed by atoms with E-state index in [0.29, 0.717) is 4.83 Å². The van der Waals surface area contributed by atoms with Crippen molar-refractivity contribution in [1.29, 1.82) is 0 Å². The van der Waals surface area contributed by atoms with E-state index in [-0.39, 0.29) is 11.9 Å². The number of ether oxygens (including phenoxy) is 1. The Bertz CT molecular complexity index is 113. The van der Waals surface area contributed by atoms with E-state index >= 15 is 0 Å². The minimum absolute atomic E-state index is 0.0909. The van der Waals surface area contributed by atoms with Crippen LogP contribution in [0.25, 0.3) is 0 Å². The Balaban J connectivity index is 2.28. The smallest absolute Gasteiger partial charge is 0.309 e. The summed E-state index contributed by atoms with van der Waals surface area (Å²) in [6.45, 7) is 0. The van der Waals surface area contributed by atoms with Gasteiger partial charge in [0.1, 0.15) is 0 Å². The molecule has 1 aliphatic rings. The number of esters is 1. The Labute approximate surface area is 56.3 Å². The van der Waals surface area contributed by atoms with Gasteiger partial charge >= 0.3 is 5.97 Å². The van der Waals surface area contributed by atoms with Crippen LogP contribution in [0.3, 0.4) is 0 Å². The Hall–Kier alpha value is -0.0500. The summed E-state index contributed by atoms with van der Waals surface area (Å²) in [6.07, 6.45) is 0.937. The fourth-order valence-corrected chi connectivity index (χ4v) is 1.18. The average Bonchev–Trinajstić information content (AvgIpc) is 2.45. The zero-order valence-electron chi connectivity index (χ0n) is 4.56. The summed E-state index contributed by atoms with van der Waals surface area (Å²) in [7, 11) is 1.42. The lowest BCUT2D eigenvalue weighted by atomic mass is 10.4. The summed E-state index contributed by atoms with van der Waals surface area (Å²) >= 11 is 3.29. The molecule has 2 atom stereocenters. The van der Waals surface area contributed by atoms with Crippen molar-refractivity contribution in [2.75, 3.05) is 7.11 Å². The Morgan fingerprint density at radius 1 is 1.88 bits per heavy atom. The van der Waals surface area contributed by atoms with E-state index in [1.165, 1.54) is 7.11 Å². The second-order valence-electron chi connectivity index (χ2n) is 1.88. The number of rotatable bonds is 1. The van der Waals surface area contributed by atoms with E-state index < -0.39 is 0 Å². The van der Waals surface area contributed by atoms with Gasteiger partial charge < -0.3 is 4.74 Å². The Morgan fingerprint density at radius 3 is 2.50 bits per heavy atom. The number of carbonyl (C=O) groups excluding carboxylic acids is 1. The molecule has 3 heteroatoms. The van der Waals surface area contributed by atoms with Crippen molar-refractivity contribution in [2.24, 2.45) is 5.92 Å². The molecule has 0 aromatic rings. The first kappa shape index (κ1) is 6.08. The first-order valence-corrected chi connectivity index (χ1v) is 3.39. The second kappa shape index (κ2) is 2.05. The van der Waals surface area contributed by atoms with Gasteiger partial charge in [0, 0.05) is 4.83 Å². The first-order chi connectivity index (χ1) is 3.75. The molecule has 2 nitrogen and oxygen atoms in total. The predicted molar refractivity (Wildman–Crippen MR) is 32.8 cm³/mol. The maximum Gasteiger partial charge on any atom is 0.309 e. The highest BCUT2D eigenvalue weighted by molar-refractivity contribution is 9.09. The van der Waals surface area contributed by atoms with Crippen LogP contribution in [0, 0.1) is 5.92 Å². The van der Waals surface area contributed by atoms with Gasteiger partial charge in [0.15, 0.2) is 0 Å². The predicted octanol–water partition coefficient (Wildman–Crippen LogP) is 0.943. The van der Waals surface area contributed by atoms with Crippen LogP contribution < -0.4 is 0 Å². The maximum absolute atomic E-state index is 10.5. The summed E-state index contributed by atoms with van der Waals surface area (Å²) in [5.41, 5.74) is 0. The Kier molecular flexibility index (Phi) is 1.56.